The Morgan fingerprint density at radius 1 is 1.53 bits per heavy atom. The molecule has 0 radical (unpaired) electrons. The average molecular weight is 326 g/mol. The maximum atomic E-state index is 12.7. The number of likely N-dealkylation sites (tertiary alicyclic amines) is 1. The maximum absolute atomic E-state index is 12.7. The molecule has 19 heavy (non-hydrogen) atoms. The Bertz CT molecular complexity index is 499. The minimum atomic E-state index is 0.175. The molecule has 3 heterocycles. The first-order valence-corrected chi connectivity index (χ1v) is 7.78. The lowest BCUT2D eigenvalue weighted by atomic mass is 9.95. The molecule has 4 nitrogen and oxygen atoms in total. The topological polar surface area (TPSA) is 37.3 Å². The molecule has 2 fully saturated rings. The fourth-order valence-electron chi connectivity index (χ4n) is 3.50. The molecule has 3 atom stereocenters. The van der Waals surface area contributed by atoms with Crippen molar-refractivity contribution in [3.8, 4) is 0 Å². The van der Waals surface area contributed by atoms with E-state index in [1.807, 2.05) is 16.8 Å². The highest BCUT2D eigenvalue weighted by atomic mass is 79.9. The number of amides is 1. The van der Waals surface area contributed by atoms with Crippen LogP contribution in [0.1, 0.15) is 24.3 Å². The van der Waals surface area contributed by atoms with E-state index in [9.17, 15) is 4.79 Å². The number of nitrogens with zero attached hydrogens (tertiary/aromatic N) is 2. The fourth-order valence-corrected chi connectivity index (χ4v) is 3.96. The van der Waals surface area contributed by atoms with Crippen LogP contribution in [-0.4, -0.2) is 41.1 Å². The second-order valence-corrected chi connectivity index (χ2v) is 6.53. The smallest absolute Gasteiger partial charge is 0.270 e. The number of hydrogen-bond acceptors (Lipinski definition) is 2. The minimum Gasteiger partial charge on any atom is -0.343 e. The van der Waals surface area contributed by atoms with Gasteiger partial charge in [-0.2, -0.15) is 0 Å². The fraction of sp³-hybridized carbons (Fsp3) is 0.643. The monoisotopic (exact) mass is 325 g/mol. The van der Waals surface area contributed by atoms with Gasteiger partial charge in [-0.25, -0.2) is 0 Å². The number of aryl methyl sites for hydroxylation is 1. The van der Waals surface area contributed by atoms with E-state index in [0.717, 1.165) is 36.3 Å². The van der Waals surface area contributed by atoms with Crippen molar-refractivity contribution >= 4 is 21.8 Å². The molecule has 5 heteroatoms. The van der Waals surface area contributed by atoms with Crippen molar-refractivity contribution < 1.29 is 4.79 Å². The van der Waals surface area contributed by atoms with Crippen molar-refractivity contribution in [3.05, 3.63) is 22.4 Å². The van der Waals surface area contributed by atoms with Crippen molar-refractivity contribution in [2.24, 2.45) is 11.8 Å². The summed E-state index contributed by atoms with van der Waals surface area (Å²) in [6.45, 7) is 8.07. The van der Waals surface area contributed by atoms with Gasteiger partial charge in [0.1, 0.15) is 5.69 Å². The van der Waals surface area contributed by atoms with Crippen molar-refractivity contribution in [1.82, 2.24) is 14.8 Å². The van der Waals surface area contributed by atoms with Crippen LogP contribution in [0.15, 0.2) is 16.7 Å². The average Bonchev–Trinajstić information content (AvgIpc) is 3.05. The van der Waals surface area contributed by atoms with Crippen LogP contribution in [0.5, 0.6) is 0 Å². The van der Waals surface area contributed by atoms with Gasteiger partial charge in [0, 0.05) is 42.9 Å². The van der Waals surface area contributed by atoms with E-state index < -0.39 is 0 Å². The highest BCUT2D eigenvalue weighted by Crippen LogP contribution is 2.33. The van der Waals surface area contributed by atoms with Gasteiger partial charge in [-0.15, -0.1) is 0 Å². The number of halogens is 1. The van der Waals surface area contributed by atoms with Crippen LogP contribution in [0.3, 0.4) is 0 Å². The van der Waals surface area contributed by atoms with Crippen molar-refractivity contribution in [3.63, 3.8) is 0 Å². The third-order valence-corrected chi connectivity index (χ3v) is 5.05. The predicted molar refractivity (Wildman–Crippen MR) is 78.2 cm³/mol. The number of fused-ring (bicyclic) bond motifs is 1. The van der Waals surface area contributed by atoms with Gasteiger partial charge in [0.05, 0.1) is 0 Å². The van der Waals surface area contributed by atoms with E-state index in [1.54, 1.807) is 0 Å². The summed E-state index contributed by atoms with van der Waals surface area (Å²) in [4.78, 5) is 14.8. The van der Waals surface area contributed by atoms with Gasteiger partial charge < -0.3 is 14.8 Å². The van der Waals surface area contributed by atoms with Gasteiger partial charge in [0.25, 0.3) is 5.91 Å². The molecule has 2 aliphatic rings. The van der Waals surface area contributed by atoms with E-state index >= 15 is 0 Å². The number of aromatic nitrogens is 1. The Hall–Kier alpha value is -0.810. The summed E-state index contributed by atoms with van der Waals surface area (Å²) in [7, 11) is 0. The van der Waals surface area contributed by atoms with E-state index in [-0.39, 0.29) is 5.91 Å². The standard InChI is InChI=1S/C14H20BrN3O/c1-3-17-8-11(15)4-13(17)14(19)18-7-10-5-16-6-12(10)9(18)2/h4,8-10,12,16H,3,5-7H2,1-2H3. The molecule has 2 saturated heterocycles. The normalized spacial score (nSPS) is 29.8. The third kappa shape index (κ3) is 2.13. The Balaban J connectivity index is 1.84. The van der Waals surface area contributed by atoms with Gasteiger partial charge in [0.2, 0.25) is 0 Å². The molecular weight excluding hydrogens is 306 g/mol. The minimum absolute atomic E-state index is 0.175. The number of carbonyl (C=O) groups is 1. The van der Waals surface area contributed by atoms with Crippen LogP contribution in [0.4, 0.5) is 0 Å². The molecule has 104 valence electrons. The first kappa shape index (κ1) is 13.2. The van der Waals surface area contributed by atoms with Crippen LogP contribution >= 0.6 is 15.9 Å². The van der Waals surface area contributed by atoms with Gasteiger partial charge in [-0.1, -0.05) is 0 Å². The lowest BCUT2D eigenvalue weighted by Crippen LogP contribution is -2.38. The molecule has 0 saturated carbocycles. The first-order chi connectivity index (χ1) is 9.11. The SMILES string of the molecule is CCn1cc(Br)cc1C(=O)N1CC2CNCC2C1C. The quantitative estimate of drug-likeness (QED) is 0.902. The molecule has 0 spiro atoms. The summed E-state index contributed by atoms with van der Waals surface area (Å²) in [6, 6.07) is 2.27. The molecule has 0 bridgehead atoms. The van der Waals surface area contributed by atoms with E-state index in [4.69, 9.17) is 0 Å². The molecule has 0 aliphatic carbocycles. The zero-order valence-electron chi connectivity index (χ0n) is 11.4. The number of carbonyl (C=O) groups excluding carboxylic acids is 1. The number of nitrogens with one attached hydrogen (secondary N) is 1. The lowest BCUT2D eigenvalue weighted by molar-refractivity contribution is 0.0717. The van der Waals surface area contributed by atoms with Crippen LogP contribution in [0, 0.1) is 11.8 Å². The largest absolute Gasteiger partial charge is 0.343 e. The Morgan fingerprint density at radius 3 is 3.00 bits per heavy atom. The zero-order chi connectivity index (χ0) is 13.6. The summed E-state index contributed by atoms with van der Waals surface area (Å²) in [5.41, 5.74) is 0.800. The summed E-state index contributed by atoms with van der Waals surface area (Å²) < 4.78 is 3.00. The van der Waals surface area contributed by atoms with E-state index in [0.29, 0.717) is 17.9 Å². The van der Waals surface area contributed by atoms with Crippen LogP contribution in [-0.2, 0) is 6.54 Å². The van der Waals surface area contributed by atoms with Gasteiger partial charge in [0.15, 0.2) is 0 Å². The summed E-state index contributed by atoms with van der Waals surface area (Å²) >= 11 is 3.46. The second-order valence-electron chi connectivity index (χ2n) is 5.61. The van der Waals surface area contributed by atoms with Gasteiger partial charge in [-0.05, 0) is 47.7 Å². The highest BCUT2D eigenvalue weighted by Gasteiger charge is 2.44. The highest BCUT2D eigenvalue weighted by molar-refractivity contribution is 9.10. The third-order valence-electron chi connectivity index (χ3n) is 4.62. The zero-order valence-corrected chi connectivity index (χ0v) is 13.0. The molecular formula is C14H20BrN3O. The number of hydrogen-bond donors (Lipinski definition) is 1. The molecule has 1 aromatic rings. The van der Waals surface area contributed by atoms with Crippen molar-refractivity contribution in [1.29, 1.82) is 0 Å². The summed E-state index contributed by atoms with van der Waals surface area (Å²) in [5.74, 6) is 1.43. The lowest BCUT2D eigenvalue weighted by Gasteiger charge is -2.25. The van der Waals surface area contributed by atoms with Crippen LogP contribution < -0.4 is 5.32 Å². The summed E-state index contributed by atoms with van der Waals surface area (Å²) in [6.07, 6.45) is 1.98. The van der Waals surface area contributed by atoms with Crippen molar-refractivity contribution in [2.45, 2.75) is 26.4 Å². The molecule has 1 amide bonds. The molecule has 2 aliphatic heterocycles. The molecule has 3 unspecified atom stereocenters. The molecule has 1 N–H and O–H groups in total. The van der Waals surface area contributed by atoms with Crippen LogP contribution in [0.2, 0.25) is 0 Å². The second kappa shape index (κ2) is 4.94. The number of rotatable bonds is 2. The Morgan fingerprint density at radius 2 is 2.32 bits per heavy atom. The molecule has 1 aromatic heterocycles. The van der Waals surface area contributed by atoms with Crippen molar-refractivity contribution in [2.75, 3.05) is 19.6 Å². The van der Waals surface area contributed by atoms with Gasteiger partial charge in [-0.3, -0.25) is 4.79 Å². The predicted octanol–water partition coefficient (Wildman–Crippen LogP) is 1.95. The van der Waals surface area contributed by atoms with Gasteiger partial charge >= 0.3 is 0 Å². The molecule has 3 rings (SSSR count). The van der Waals surface area contributed by atoms with Crippen LogP contribution in [0.25, 0.3) is 0 Å². The van der Waals surface area contributed by atoms with E-state index in [2.05, 4.69) is 40.0 Å². The Labute approximate surface area is 122 Å². The Kier molecular flexibility index (Phi) is 3.43. The maximum Gasteiger partial charge on any atom is 0.270 e. The first-order valence-electron chi connectivity index (χ1n) is 6.99. The molecule has 0 aromatic carbocycles. The van der Waals surface area contributed by atoms with E-state index in [1.165, 1.54) is 0 Å². The summed E-state index contributed by atoms with van der Waals surface area (Å²) in [5, 5.41) is 3.43.